The molecule has 0 amide bonds. The summed E-state index contributed by atoms with van der Waals surface area (Å²) < 4.78 is 1.21. The first-order valence-electron chi connectivity index (χ1n) is 7.37. The van der Waals surface area contributed by atoms with Crippen LogP contribution in [0.15, 0.2) is 22.7 Å². The number of nitrogens with one attached hydrogen (secondary N) is 1. The van der Waals surface area contributed by atoms with Crippen molar-refractivity contribution in [3.05, 3.63) is 28.2 Å². The summed E-state index contributed by atoms with van der Waals surface area (Å²) in [7, 11) is 2.22. The zero-order valence-corrected chi connectivity index (χ0v) is 15.1. The molecule has 20 heavy (non-hydrogen) atoms. The van der Waals surface area contributed by atoms with Crippen LogP contribution < -0.4 is 10.2 Å². The van der Waals surface area contributed by atoms with Crippen molar-refractivity contribution >= 4 is 33.4 Å². The number of hydrogen-bond acceptors (Lipinski definition) is 3. The van der Waals surface area contributed by atoms with Crippen molar-refractivity contribution in [1.82, 2.24) is 5.32 Å². The second kappa shape index (κ2) is 7.71. The third kappa shape index (κ3) is 4.40. The number of halogens is 1. The molecule has 1 saturated heterocycles. The Labute approximate surface area is 135 Å². The van der Waals surface area contributed by atoms with Gasteiger partial charge in [-0.1, -0.05) is 19.9 Å². The lowest BCUT2D eigenvalue weighted by Crippen LogP contribution is -2.31. The van der Waals surface area contributed by atoms with Gasteiger partial charge in [-0.25, -0.2) is 0 Å². The van der Waals surface area contributed by atoms with Crippen LogP contribution in [0.4, 0.5) is 5.69 Å². The molecule has 2 rings (SSSR count). The molecule has 0 saturated carbocycles. The van der Waals surface area contributed by atoms with Crippen LogP contribution in [0.1, 0.15) is 25.8 Å². The first-order chi connectivity index (χ1) is 9.58. The fourth-order valence-electron chi connectivity index (χ4n) is 2.48. The molecule has 1 atom stereocenters. The molecule has 0 aliphatic carbocycles. The molecule has 0 radical (unpaired) electrons. The predicted molar refractivity (Wildman–Crippen MR) is 94.8 cm³/mol. The van der Waals surface area contributed by atoms with E-state index in [0.717, 1.165) is 13.1 Å². The summed E-state index contributed by atoms with van der Waals surface area (Å²) in [4.78, 5) is 2.43. The van der Waals surface area contributed by atoms with Crippen LogP contribution >= 0.6 is 27.7 Å². The number of hydrogen-bond donors (Lipinski definition) is 1. The van der Waals surface area contributed by atoms with Gasteiger partial charge < -0.3 is 10.2 Å². The predicted octanol–water partition coefficient (Wildman–Crippen LogP) is 4.14. The minimum absolute atomic E-state index is 0.682. The van der Waals surface area contributed by atoms with E-state index in [4.69, 9.17) is 0 Å². The Morgan fingerprint density at radius 1 is 1.45 bits per heavy atom. The van der Waals surface area contributed by atoms with Crippen molar-refractivity contribution < 1.29 is 0 Å². The van der Waals surface area contributed by atoms with Crippen LogP contribution in [-0.2, 0) is 6.54 Å². The standard InChI is InChI=1S/C16H25BrN2S/c1-12(2)9-18-10-13-4-5-16(15(17)8-13)19(3)14-6-7-20-11-14/h4-5,8,12,14,18H,6-7,9-11H2,1-3H3. The first-order valence-corrected chi connectivity index (χ1v) is 9.32. The molecule has 1 aromatic rings. The number of rotatable bonds is 6. The minimum Gasteiger partial charge on any atom is -0.370 e. The lowest BCUT2D eigenvalue weighted by Gasteiger charge is -2.27. The molecule has 1 aliphatic rings. The maximum atomic E-state index is 3.74. The lowest BCUT2D eigenvalue weighted by molar-refractivity contribution is 0.552. The Morgan fingerprint density at radius 2 is 2.25 bits per heavy atom. The molecular weight excluding hydrogens is 332 g/mol. The average molecular weight is 357 g/mol. The molecule has 1 heterocycles. The summed E-state index contributed by atoms with van der Waals surface area (Å²) >= 11 is 5.80. The molecular formula is C16H25BrN2S. The van der Waals surface area contributed by atoms with Gasteiger partial charge in [0.15, 0.2) is 0 Å². The first kappa shape index (κ1) is 16.2. The van der Waals surface area contributed by atoms with Crippen LogP contribution in [0.2, 0.25) is 0 Å². The monoisotopic (exact) mass is 356 g/mol. The Hall–Kier alpha value is -0.190. The van der Waals surface area contributed by atoms with E-state index in [1.807, 2.05) is 0 Å². The van der Waals surface area contributed by atoms with Gasteiger partial charge in [-0.05, 0) is 58.3 Å². The molecule has 1 aromatic carbocycles. The molecule has 112 valence electrons. The van der Waals surface area contributed by atoms with E-state index >= 15 is 0 Å². The second-order valence-electron chi connectivity index (χ2n) is 5.94. The van der Waals surface area contributed by atoms with Gasteiger partial charge in [-0.3, -0.25) is 0 Å². The second-order valence-corrected chi connectivity index (χ2v) is 7.94. The van der Waals surface area contributed by atoms with Crippen LogP contribution in [0.5, 0.6) is 0 Å². The van der Waals surface area contributed by atoms with E-state index in [-0.39, 0.29) is 0 Å². The molecule has 1 unspecified atom stereocenters. The fraction of sp³-hybridized carbons (Fsp3) is 0.625. The van der Waals surface area contributed by atoms with Gasteiger partial charge in [-0.2, -0.15) is 11.8 Å². The van der Waals surface area contributed by atoms with Gasteiger partial charge >= 0.3 is 0 Å². The summed E-state index contributed by atoms with van der Waals surface area (Å²) in [6, 6.07) is 7.42. The van der Waals surface area contributed by atoms with Crippen molar-refractivity contribution in [3.63, 3.8) is 0 Å². The van der Waals surface area contributed by atoms with Gasteiger partial charge in [0, 0.05) is 29.9 Å². The maximum absolute atomic E-state index is 3.74. The van der Waals surface area contributed by atoms with Crippen molar-refractivity contribution in [2.75, 3.05) is 30.0 Å². The molecule has 0 aromatic heterocycles. The smallest absolute Gasteiger partial charge is 0.0511 e. The lowest BCUT2D eigenvalue weighted by atomic mass is 10.1. The average Bonchev–Trinajstić information content (AvgIpc) is 2.91. The zero-order chi connectivity index (χ0) is 14.5. The van der Waals surface area contributed by atoms with Crippen molar-refractivity contribution in [3.8, 4) is 0 Å². The zero-order valence-electron chi connectivity index (χ0n) is 12.7. The van der Waals surface area contributed by atoms with Gasteiger partial charge in [0.2, 0.25) is 0 Å². The Bertz CT molecular complexity index is 430. The van der Waals surface area contributed by atoms with E-state index in [9.17, 15) is 0 Å². The van der Waals surface area contributed by atoms with E-state index in [1.165, 1.54) is 33.7 Å². The van der Waals surface area contributed by atoms with E-state index in [2.05, 4.69) is 77.0 Å². The highest BCUT2D eigenvalue weighted by atomic mass is 79.9. The van der Waals surface area contributed by atoms with E-state index in [0.29, 0.717) is 12.0 Å². The summed E-state index contributed by atoms with van der Waals surface area (Å²) in [6.07, 6.45) is 1.30. The highest BCUT2D eigenvalue weighted by molar-refractivity contribution is 9.10. The quantitative estimate of drug-likeness (QED) is 0.824. The number of benzene rings is 1. The topological polar surface area (TPSA) is 15.3 Å². The number of nitrogens with zero attached hydrogens (tertiary/aromatic N) is 1. The SMILES string of the molecule is CC(C)CNCc1ccc(N(C)C2CCSC2)c(Br)c1. The molecule has 0 spiro atoms. The third-order valence-corrected chi connectivity index (χ3v) is 5.51. The largest absolute Gasteiger partial charge is 0.370 e. The normalized spacial score (nSPS) is 18.8. The van der Waals surface area contributed by atoms with Gasteiger partial charge in [-0.15, -0.1) is 0 Å². The maximum Gasteiger partial charge on any atom is 0.0511 e. The van der Waals surface area contributed by atoms with Gasteiger partial charge in [0.25, 0.3) is 0 Å². The van der Waals surface area contributed by atoms with E-state index in [1.54, 1.807) is 0 Å². The van der Waals surface area contributed by atoms with Crippen molar-refractivity contribution in [2.45, 2.75) is 32.9 Å². The summed E-state index contributed by atoms with van der Waals surface area (Å²) in [5.41, 5.74) is 2.65. The number of anilines is 1. The van der Waals surface area contributed by atoms with Crippen LogP contribution in [0.25, 0.3) is 0 Å². The Morgan fingerprint density at radius 3 is 2.85 bits per heavy atom. The van der Waals surface area contributed by atoms with Crippen molar-refractivity contribution in [1.29, 1.82) is 0 Å². The van der Waals surface area contributed by atoms with Gasteiger partial charge in [0.1, 0.15) is 0 Å². The molecule has 2 nitrogen and oxygen atoms in total. The molecule has 1 aliphatic heterocycles. The summed E-state index contributed by atoms with van der Waals surface area (Å²) in [5, 5.41) is 3.49. The van der Waals surface area contributed by atoms with Crippen LogP contribution in [0, 0.1) is 5.92 Å². The van der Waals surface area contributed by atoms with Gasteiger partial charge in [0.05, 0.1) is 5.69 Å². The highest BCUT2D eigenvalue weighted by Crippen LogP contribution is 2.31. The van der Waals surface area contributed by atoms with Crippen LogP contribution in [0.3, 0.4) is 0 Å². The minimum atomic E-state index is 0.682. The number of thioether (sulfide) groups is 1. The van der Waals surface area contributed by atoms with E-state index < -0.39 is 0 Å². The van der Waals surface area contributed by atoms with Crippen LogP contribution in [-0.4, -0.2) is 31.1 Å². The van der Waals surface area contributed by atoms with Crippen molar-refractivity contribution in [2.24, 2.45) is 5.92 Å². The summed E-state index contributed by atoms with van der Waals surface area (Å²) in [6.45, 7) is 6.49. The molecule has 0 bridgehead atoms. The fourth-order valence-corrected chi connectivity index (χ4v) is 4.45. The third-order valence-electron chi connectivity index (χ3n) is 3.73. The molecule has 1 N–H and O–H groups in total. The summed E-state index contributed by atoms with van der Waals surface area (Å²) in [5.74, 6) is 3.24. The Balaban J connectivity index is 1.98. The molecule has 4 heteroatoms. The highest BCUT2D eigenvalue weighted by Gasteiger charge is 2.21. The Kier molecular flexibility index (Phi) is 6.24. The molecule has 1 fully saturated rings.